The first-order chi connectivity index (χ1) is 14.1. The van der Waals surface area contributed by atoms with E-state index in [0.717, 1.165) is 38.9 Å². The molecule has 29 heavy (non-hydrogen) atoms. The number of imidazole rings is 1. The smallest absolute Gasteiger partial charge is 0.326 e. The zero-order valence-corrected chi connectivity index (χ0v) is 16.0. The first kappa shape index (κ1) is 17.9. The third-order valence-corrected chi connectivity index (χ3v) is 5.30. The molecule has 0 bridgehead atoms. The van der Waals surface area contributed by atoms with Crippen molar-refractivity contribution in [3.05, 3.63) is 33.2 Å². The van der Waals surface area contributed by atoms with Crippen LogP contribution in [-0.4, -0.2) is 67.0 Å². The average molecular weight is 398 g/mol. The van der Waals surface area contributed by atoms with E-state index >= 15 is 0 Å². The molecule has 3 N–H and O–H groups in total. The second-order valence-electron chi connectivity index (χ2n) is 7.46. The topological polar surface area (TPSA) is 137 Å². The minimum Gasteiger partial charge on any atom is -0.493 e. The van der Waals surface area contributed by atoms with E-state index in [1.54, 1.807) is 16.8 Å². The van der Waals surface area contributed by atoms with Gasteiger partial charge in [0.25, 0.3) is 5.62 Å². The Hall–Kier alpha value is -3.21. The van der Waals surface area contributed by atoms with Crippen molar-refractivity contribution in [2.24, 2.45) is 4.99 Å². The fourth-order valence-electron chi connectivity index (χ4n) is 3.46. The second kappa shape index (κ2) is 6.99. The molecule has 11 heteroatoms. The Morgan fingerprint density at radius 3 is 2.76 bits per heavy atom. The molecule has 0 spiro atoms. The molecule has 152 valence electrons. The maximum Gasteiger partial charge on any atom is 0.326 e. The van der Waals surface area contributed by atoms with Crippen LogP contribution in [-0.2, 0) is 4.74 Å². The number of rotatable bonds is 4. The van der Waals surface area contributed by atoms with Crippen LogP contribution < -0.4 is 21.4 Å². The second-order valence-corrected chi connectivity index (χ2v) is 7.46. The fourth-order valence-corrected chi connectivity index (χ4v) is 3.46. The lowest BCUT2D eigenvalue weighted by Crippen LogP contribution is -2.39. The number of ether oxygens (including phenoxy) is 1. The van der Waals surface area contributed by atoms with Crippen molar-refractivity contribution in [3.63, 3.8) is 0 Å². The quantitative estimate of drug-likeness (QED) is 0.516. The third-order valence-electron chi connectivity index (χ3n) is 5.30. The summed E-state index contributed by atoms with van der Waals surface area (Å²) in [5.41, 5.74) is 0.861. The number of aromatic nitrogens is 6. The molecule has 4 heterocycles. The Balaban J connectivity index is 1.66. The van der Waals surface area contributed by atoms with Crippen LogP contribution >= 0.6 is 0 Å². The molecule has 1 saturated heterocycles. The van der Waals surface area contributed by atoms with Gasteiger partial charge in [-0.15, -0.1) is 0 Å². The van der Waals surface area contributed by atoms with Crippen LogP contribution in [0.5, 0.6) is 5.88 Å². The van der Waals surface area contributed by atoms with Crippen molar-refractivity contribution in [2.45, 2.75) is 37.8 Å². The number of nitrogens with zero attached hydrogens (tertiary/aromatic N) is 6. The predicted octanol–water partition coefficient (Wildman–Crippen LogP) is -0.928. The van der Waals surface area contributed by atoms with E-state index in [4.69, 9.17) is 14.7 Å². The summed E-state index contributed by atoms with van der Waals surface area (Å²) < 4.78 is 7.07. The molecule has 1 aliphatic heterocycles. The first-order valence-electron chi connectivity index (χ1n) is 9.71. The summed E-state index contributed by atoms with van der Waals surface area (Å²) in [6.45, 7) is 1.45. The molecule has 11 nitrogen and oxygen atoms in total. The number of aromatic amines is 2. The molecule has 2 aliphatic rings. The minimum atomic E-state index is -0.482. The van der Waals surface area contributed by atoms with Gasteiger partial charge in [0, 0.05) is 31.5 Å². The number of hydrogen-bond acceptors (Lipinski definition) is 8. The highest BCUT2D eigenvalue weighted by atomic mass is 16.5. The van der Waals surface area contributed by atoms with Crippen molar-refractivity contribution in [1.29, 1.82) is 0 Å². The Bertz CT molecular complexity index is 1220. The molecule has 3 aromatic rings. The van der Waals surface area contributed by atoms with Gasteiger partial charge in [-0.25, -0.2) is 9.79 Å². The molecule has 1 aliphatic carbocycles. The molecular weight excluding hydrogens is 376 g/mol. The zero-order chi connectivity index (χ0) is 20.0. The van der Waals surface area contributed by atoms with Gasteiger partial charge in [-0.1, -0.05) is 0 Å². The van der Waals surface area contributed by atoms with Crippen LogP contribution in [0.3, 0.4) is 0 Å². The summed E-state index contributed by atoms with van der Waals surface area (Å²) in [4.78, 5) is 32.5. The first-order valence-corrected chi connectivity index (χ1v) is 9.71. The lowest BCUT2D eigenvalue weighted by molar-refractivity contribution is 0.0852. The normalized spacial score (nSPS) is 19.3. The Morgan fingerprint density at radius 1 is 1.28 bits per heavy atom. The van der Waals surface area contributed by atoms with Crippen LogP contribution in [0.2, 0.25) is 0 Å². The van der Waals surface area contributed by atoms with Gasteiger partial charge in [-0.3, -0.25) is 4.98 Å². The van der Waals surface area contributed by atoms with Crippen molar-refractivity contribution in [3.8, 4) is 5.88 Å². The molecule has 0 amide bonds. The lowest BCUT2D eigenvalue weighted by Gasteiger charge is -2.31. The standard InChI is InChI=1S/C18H22N8O3/c1-25(12-4-6-29-7-5-12)16-22-14-10(8-13-15(27)23-18(28)21-13)9-19-26(14)17(24-16)20-11-2-3-11/h8-9,11-12,27H,2-7H2,1H3,(H2,21,23,28)/b10-8+,20-17?. The van der Waals surface area contributed by atoms with Gasteiger partial charge in [-0.05, 0) is 31.8 Å². The molecule has 0 radical (unpaired) electrons. The van der Waals surface area contributed by atoms with E-state index in [1.807, 2.05) is 7.05 Å². The summed E-state index contributed by atoms with van der Waals surface area (Å²) in [5, 5.41) is 14.9. The molecule has 5 rings (SSSR count). The van der Waals surface area contributed by atoms with Gasteiger partial charge in [-0.2, -0.15) is 19.6 Å². The van der Waals surface area contributed by atoms with E-state index in [2.05, 4.69) is 25.0 Å². The highest BCUT2D eigenvalue weighted by Crippen LogP contribution is 2.22. The highest BCUT2D eigenvalue weighted by molar-refractivity contribution is 5.57. The van der Waals surface area contributed by atoms with Crippen molar-refractivity contribution >= 4 is 17.7 Å². The van der Waals surface area contributed by atoms with Gasteiger partial charge < -0.3 is 19.7 Å². The maximum atomic E-state index is 11.4. The SMILES string of the molecule is CN(c1nc(=NC2CC2)n2nc/c(=C\c3[nH]c(=O)[nH]c3O)c2n1)C1CCOCC1. The van der Waals surface area contributed by atoms with E-state index in [1.165, 1.54) is 0 Å². The number of aromatic hydroxyl groups is 1. The number of H-pyrrole nitrogens is 2. The summed E-state index contributed by atoms with van der Waals surface area (Å²) in [6, 6.07) is 0.566. The monoisotopic (exact) mass is 398 g/mol. The Morgan fingerprint density at radius 2 is 2.07 bits per heavy atom. The lowest BCUT2D eigenvalue weighted by atomic mass is 10.1. The molecular formula is C18H22N8O3. The molecule has 0 unspecified atom stereocenters. The fraction of sp³-hybridized carbons (Fsp3) is 0.500. The molecule has 3 aromatic heterocycles. The zero-order valence-electron chi connectivity index (χ0n) is 16.0. The van der Waals surface area contributed by atoms with Crippen molar-refractivity contribution in [1.82, 2.24) is 29.5 Å². The van der Waals surface area contributed by atoms with Crippen LogP contribution in [0.15, 0.2) is 16.0 Å². The number of anilines is 1. The number of hydrogen-bond donors (Lipinski definition) is 3. The van der Waals surface area contributed by atoms with Gasteiger partial charge in [0.15, 0.2) is 5.65 Å². The summed E-state index contributed by atoms with van der Waals surface area (Å²) in [7, 11) is 1.98. The van der Waals surface area contributed by atoms with Crippen molar-refractivity contribution < 1.29 is 9.84 Å². The van der Waals surface area contributed by atoms with E-state index in [9.17, 15) is 9.90 Å². The van der Waals surface area contributed by atoms with E-state index in [0.29, 0.717) is 28.5 Å². The van der Waals surface area contributed by atoms with Crippen LogP contribution in [0.25, 0.3) is 11.7 Å². The molecule has 2 fully saturated rings. The predicted molar refractivity (Wildman–Crippen MR) is 103 cm³/mol. The number of fused-ring (bicyclic) bond motifs is 1. The molecule has 0 atom stereocenters. The van der Waals surface area contributed by atoms with Gasteiger partial charge in [0.05, 0.1) is 12.2 Å². The van der Waals surface area contributed by atoms with Crippen LogP contribution in [0.4, 0.5) is 5.95 Å². The van der Waals surface area contributed by atoms with E-state index < -0.39 is 5.69 Å². The molecule has 1 saturated carbocycles. The van der Waals surface area contributed by atoms with Crippen molar-refractivity contribution in [2.75, 3.05) is 25.2 Å². The Labute approximate surface area is 164 Å². The maximum absolute atomic E-state index is 11.4. The third kappa shape index (κ3) is 3.48. The average Bonchev–Trinajstić information content (AvgIpc) is 3.36. The van der Waals surface area contributed by atoms with Gasteiger partial charge in [0.2, 0.25) is 11.8 Å². The summed E-state index contributed by atoms with van der Waals surface area (Å²) in [5.74, 6) is 0.344. The van der Waals surface area contributed by atoms with E-state index in [-0.39, 0.29) is 17.6 Å². The molecule has 0 aromatic carbocycles. The van der Waals surface area contributed by atoms with Gasteiger partial charge >= 0.3 is 5.69 Å². The van der Waals surface area contributed by atoms with Crippen LogP contribution in [0, 0.1) is 0 Å². The Kier molecular flexibility index (Phi) is 4.31. The minimum absolute atomic E-state index is 0.231. The summed E-state index contributed by atoms with van der Waals surface area (Å²) in [6.07, 6.45) is 7.18. The number of nitrogens with one attached hydrogen (secondary N) is 2. The largest absolute Gasteiger partial charge is 0.493 e. The highest BCUT2D eigenvalue weighted by Gasteiger charge is 2.23. The van der Waals surface area contributed by atoms with Gasteiger partial charge in [0.1, 0.15) is 5.69 Å². The summed E-state index contributed by atoms with van der Waals surface area (Å²) >= 11 is 0. The van der Waals surface area contributed by atoms with Crippen LogP contribution in [0.1, 0.15) is 31.4 Å².